The van der Waals surface area contributed by atoms with Crippen molar-refractivity contribution in [3.8, 4) is 0 Å². The quantitative estimate of drug-likeness (QED) is 0.584. The zero-order valence-corrected chi connectivity index (χ0v) is 15.0. The van der Waals surface area contributed by atoms with Gasteiger partial charge in [0.05, 0.1) is 16.7 Å². The van der Waals surface area contributed by atoms with Gasteiger partial charge < -0.3 is 4.90 Å². The van der Waals surface area contributed by atoms with E-state index in [0.717, 1.165) is 22.2 Å². The number of hydrogen-bond acceptors (Lipinski definition) is 4. The molecule has 0 amide bonds. The summed E-state index contributed by atoms with van der Waals surface area (Å²) in [7, 11) is 2.04. The molecular weight excluding hydrogens is 346 g/mol. The van der Waals surface area contributed by atoms with Crippen molar-refractivity contribution in [1.29, 1.82) is 0 Å². The van der Waals surface area contributed by atoms with Gasteiger partial charge in [-0.1, -0.05) is 42.1 Å². The molecule has 0 bridgehead atoms. The molecule has 3 rings (SSSR count). The molecule has 0 spiro atoms. The average Bonchev–Trinajstić information content (AvgIpc) is 2.91. The summed E-state index contributed by atoms with van der Waals surface area (Å²) in [5.41, 5.74) is 2.96. The maximum atomic E-state index is 10.8. The smallest absolute Gasteiger partial charge is 0.269 e. The Hall–Kier alpha value is -2.05. The Labute approximate surface area is 151 Å². The van der Waals surface area contributed by atoms with E-state index in [1.807, 2.05) is 32.2 Å². The second kappa shape index (κ2) is 7.68. The average molecular weight is 364 g/mol. The Kier molecular flexibility index (Phi) is 5.85. The first-order chi connectivity index (χ1) is 11.1. The second-order valence-electron chi connectivity index (χ2n) is 5.47. The fourth-order valence-electron chi connectivity index (χ4n) is 2.59. The van der Waals surface area contributed by atoms with Gasteiger partial charge in [0, 0.05) is 24.9 Å². The van der Waals surface area contributed by atoms with Gasteiger partial charge in [-0.05, 0) is 24.1 Å². The van der Waals surface area contributed by atoms with E-state index in [1.54, 1.807) is 23.9 Å². The Morgan fingerprint density at radius 3 is 2.58 bits per heavy atom. The van der Waals surface area contributed by atoms with Gasteiger partial charge in [0.1, 0.15) is 0 Å². The van der Waals surface area contributed by atoms with Crippen LogP contribution in [0.4, 0.5) is 11.4 Å². The number of benzene rings is 2. The lowest BCUT2D eigenvalue weighted by atomic mass is 10.1. The first-order valence-corrected chi connectivity index (χ1v) is 8.29. The van der Waals surface area contributed by atoms with Crippen molar-refractivity contribution in [3.63, 3.8) is 0 Å². The van der Waals surface area contributed by atoms with E-state index >= 15 is 0 Å². The summed E-state index contributed by atoms with van der Waals surface area (Å²) in [4.78, 5) is 17.3. The first kappa shape index (κ1) is 18.3. The number of aryl methyl sites for hydroxylation is 1. The van der Waals surface area contributed by atoms with Crippen molar-refractivity contribution in [2.24, 2.45) is 4.99 Å². The van der Waals surface area contributed by atoms with Crippen LogP contribution < -0.4 is 0 Å². The lowest BCUT2D eigenvalue weighted by Crippen LogP contribution is -2.22. The third kappa shape index (κ3) is 3.71. The molecule has 1 aliphatic rings. The largest absolute Gasteiger partial charge is 0.346 e. The highest BCUT2D eigenvalue weighted by Gasteiger charge is 2.28. The molecule has 1 fully saturated rings. The fourth-order valence-corrected chi connectivity index (χ4v) is 3.81. The van der Waals surface area contributed by atoms with Crippen LogP contribution in [0.3, 0.4) is 0 Å². The van der Waals surface area contributed by atoms with Crippen molar-refractivity contribution < 1.29 is 4.92 Å². The van der Waals surface area contributed by atoms with E-state index in [2.05, 4.69) is 17.0 Å². The maximum Gasteiger partial charge on any atom is 0.269 e. The Balaban J connectivity index is 0.00000208. The molecule has 1 atom stereocenters. The van der Waals surface area contributed by atoms with E-state index < -0.39 is 0 Å². The van der Waals surface area contributed by atoms with Gasteiger partial charge in [0.2, 0.25) is 0 Å². The zero-order chi connectivity index (χ0) is 16.4. The van der Waals surface area contributed by atoms with Crippen molar-refractivity contribution in [3.05, 3.63) is 69.8 Å². The van der Waals surface area contributed by atoms with E-state index in [1.165, 1.54) is 11.6 Å². The van der Waals surface area contributed by atoms with Crippen LogP contribution in [-0.4, -0.2) is 27.8 Å². The highest BCUT2D eigenvalue weighted by Crippen LogP contribution is 2.35. The number of nitrogens with zero attached hydrogens (tertiary/aromatic N) is 3. The normalized spacial score (nSPS) is 18.5. The van der Waals surface area contributed by atoms with Crippen LogP contribution in [0.1, 0.15) is 17.2 Å². The van der Waals surface area contributed by atoms with Crippen LogP contribution in [0.2, 0.25) is 0 Å². The number of hydrogen-bond donors (Lipinski definition) is 0. The molecule has 0 N–H and O–H groups in total. The predicted octanol–water partition coefficient (Wildman–Crippen LogP) is 4.73. The van der Waals surface area contributed by atoms with Gasteiger partial charge in [-0.3, -0.25) is 10.1 Å². The van der Waals surface area contributed by atoms with E-state index in [0.29, 0.717) is 6.04 Å². The minimum Gasteiger partial charge on any atom is -0.346 e. The van der Waals surface area contributed by atoms with E-state index in [4.69, 9.17) is 4.99 Å². The fraction of sp³-hybridized carbons (Fsp3) is 0.235. The van der Waals surface area contributed by atoms with Crippen LogP contribution in [0.25, 0.3) is 0 Å². The molecular formula is C17H18ClN3O2S. The van der Waals surface area contributed by atoms with Gasteiger partial charge in [-0.15, -0.1) is 12.4 Å². The second-order valence-corrected chi connectivity index (χ2v) is 6.46. The van der Waals surface area contributed by atoms with Crippen LogP contribution in [-0.2, 0) is 0 Å². The highest BCUT2D eigenvalue weighted by molar-refractivity contribution is 8.14. The molecule has 0 unspecified atom stereocenters. The molecule has 1 aliphatic heterocycles. The highest BCUT2D eigenvalue weighted by atomic mass is 35.5. The van der Waals surface area contributed by atoms with Gasteiger partial charge in [0.25, 0.3) is 5.69 Å². The summed E-state index contributed by atoms with van der Waals surface area (Å²) >= 11 is 1.71. The Morgan fingerprint density at radius 2 is 1.96 bits per heavy atom. The molecule has 0 aromatic heterocycles. The van der Waals surface area contributed by atoms with Gasteiger partial charge in [-0.25, -0.2) is 4.99 Å². The number of halogens is 1. The monoisotopic (exact) mass is 363 g/mol. The number of nitro groups is 1. The van der Waals surface area contributed by atoms with Crippen LogP contribution >= 0.6 is 24.2 Å². The van der Waals surface area contributed by atoms with E-state index in [-0.39, 0.29) is 23.0 Å². The maximum absolute atomic E-state index is 10.8. The summed E-state index contributed by atoms with van der Waals surface area (Å²) in [5.74, 6) is 0.950. The molecule has 24 heavy (non-hydrogen) atoms. The van der Waals surface area contributed by atoms with Crippen LogP contribution in [0.15, 0.2) is 53.5 Å². The summed E-state index contributed by atoms with van der Waals surface area (Å²) < 4.78 is 0. The molecule has 2 aromatic carbocycles. The van der Waals surface area contributed by atoms with Crippen LogP contribution in [0.5, 0.6) is 0 Å². The van der Waals surface area contributed by atoms with Crippen molar-refractivity contribution in [1.82, 2.24) is 4.90 Å². The number of non-ortho nitro benzene ring substituents is 1. The molecule has 0 aliphatic carbocycles. The molecule has 7 heteroatoms. The van der Waals surface area contributed by atoms with Crippen molar-refractivity contribution in [2.75, 3.05) is 12.8 Å². The minimum absolute atomic E-state index is 0. The summed E-state index contributed by atoms with van der Waals surface area (Å²) in [6, 6.07) is 15.4. The molecule has 0 radical (unpaired) electrons. The topological polar surface area (TPSA) is 58.7 Å². The zero-order valence-electron chi connectivity index (χ0n) is 13.4. The number of rotatable bonds is 3. The molecule has 126 valence electrons. The molecule has 2 aromatic rings. The molecule has 1 saturated heterocycles. The van der Waals surface area contributed by atoms with Gasteiger partial charge in [-0.2, -0.15) is 0 Å². The van der Waals surface area contributed by atoms with Gasteiger partial charge in [0.15, 0.2) is 5.17 Å². The molecule has 1 heterocycles. The van der Waals surface area contributed by atoms with Crippen LogP contribution in [0, 0.1) is 17.0 Å². The summed E-state index contributed by atoms with van der Waals surface area (Å²) in [6.45, 7) is 1.85. The van der Waals surface area contributed by atoms with Crippen molar-refractivity contribution in [2.45, 2.75) is 13.0 Å². The minimum atomic E-state index is -0.383. The molecule has 0 saturated carbocycles. The Morgan fingerprint density at radius 1 is 1.25 bits per heavy atom. The first-order valence-electron chi connectivity index (χ1n) is 7.30. The molecule has 5 nitrogen and oxygen atoms in total. The standard InChI is InChI=1S/C17H17N3O2S.ClH/c1-12-10-14(20(21)22)8-9-15(12)18-17-19(2)16(11-23-17)13-6-4-3-5-7-13;/h3-10,16H,11H2,1-2H3;1H/t16-;/m1./s1. The third-order valence-electron chi connectivity index (χ3n) is 3.93. The summed E-state index contributed by atoms with van der Waals surface area (Å²) in [5, 5.41) is 11.8. The SMILES string of the molecule is Cc1cc([N+](=O)[O-])ccc1N=C1SC[C@H](c2ccccc2)N1C.Cl. The van der Waals surface area contributed by atoms with E-state index in [9.17, 15) is 10.1 Å². The predicted molar refractivity (Wildman–Crippen MR) is 102 cm³/mol. The lowest BCUT2D eigenvalue weighted by Gasteiger charge is -2.21. The number of thioether (sulfide) groups is 1. The number of nitro benzene ring substituents is 1. The summed E-state index contributed by atoms with van der Waals surface area (Å²) in [6.07, 6.45) is 0. The number of amidine groups is 1. The lowest BCUT2D eigenvalue weighted by molar-refractivity contribution is -0.384. The van der Waals surface area contributed by atoms with Gasteiger partial charge >= 0.3 is 0 Å². The number of aliphatic imine (C=N–C) groups is 1. The Bertz CT molecular complexity index is 768. The third-order valence-corrected chi connectivity index (χ3v) is 5.05. The van der Waals surface area contributed by atoms with Crippen molar-refractivity contribution >= 4 is 40.7 Å².